The molecule has 0 spiro atoms. The third kappa shape index (κ3) is 9.79. The first-order valence-corrected chi connectivity index (χ1v) is 10.9. The second-order valence-corrected chi connectivity index (χ2v) is 7.42. The summed E-state index contributed by atoms with van der Waals surface area (Å²) < 4.78 is 0. The minimum Gasteiger partial charge on any atom is -0.397 e. The number of unbranched alkanes of at least 4 members (excludes halogenated alkanes) is 10. The molecule has 0 aliphatic carbocycles. The average molecular weight is 363 g/mol. The van der Waals surface area contributed by atoms with E-state index in [0.717, 1.165) is 35.8 Å². The van der Waals surface area contributed by atoms with Crippen LogP contribution in [0.2, 0.25) is 0 Å². The Bertz CT molecular complexity index is 434. The van der Waals surface area contributed by atoms with Crippen molar-refractivity contribution in [1.29, 1.82) is 0 Å². The van der Waals surface area contributed by atoms with Gasteiger partial charge in [-0.05, 0) is 25.0 Å². The van der Waals surface area contributed by atoms with Crippen molar-refractivity contribution in [3.05, 3.63) is 12.1 Å². The fourth-order valence-electron chi connectivity index (χ4n) is 3.20. The minimum absolute atomic E-state index is 0.735. The van der Waals surface area contributed by atoms with Gasteiger partial charge in [-0.15, -0.1) is 0 Å². The maximum atomic E-state index is 6.12. The van der Waals surface area contributed by atoms with Crippen LogP contribution in [0.1, 0.15) is 90.9 Å². The zero-order valence-corrected chi connectivity index (χ0v) is 17.2. The highest BCUT2D eigenvalue weighted by molar-refractivity contribution is 5.81. The van der Waals surface area contributed by atoms with Crippen molar-refractivity contribution in [3.8, 4) is 0 Å². The molecule has 26 heavy (non-hydrogen) atoms. The molecule has 0 unspecified atom stereocenters. The molecule has 0 saturated carbocycles. The maximum Gasteiger partial charge on any atom is 0.0596 e. The summed E-state index contributed by atoms with van der Waals surface area (Å²) in [5, 5.41) is 6.95. The van der Waals surface area contributed by atoms with E-state index in [-0.39, 0.29) is 0 Å². The molecule has 4 heteroatoms. The Morgan fingerprint density at radius 1 is 0.577 bits per heavy atom. The van der Waals surface area contributed by atoms with E-state index in [2.05, 4.69) is 30.5 Å². The number of anilines is 4. The topological polar surface area (TPSA) is 76.1 Å². The number of rotatable bonds is 16. The molecule has 0 atom stereocenters. The van der Waals surface area contributed by atoms with E-state index in [9.17, 15) is 0 Å². The van der Waals surface area contributed by atoms with Gasteiger partial charge in [0.1, 0.15) is 0 Å². The average Bonchev–Trinajstić information content (AvgIpc) is 2.63. The van der Waals surface area contributed by atoms with Gasteiger partial charge in [0.05, 0.1) is 22.7 Å². The third-order valence-electron chi connectivity index (χ3n) is 4.91. The van der Waals surface area contributed by atoms with Crippen molar-refractivity contribution < 1.29 is 0 Å². The minimum atomic E-state index is 0.735. The number of nitrogens with two attached hydrogens (primary N) is 2. The zero-order valence-electron chi connectivity index (χ0n) is 17.2. The molecule has 0 aliphatic heterocycles. The smallest absolute Gasteiger partial charge is 0.0596 e. The summed E-state index contributed by atoms with van der Waals surface area (Å²) in [6, 6.07) is 3.94. The lowest BCUT2D eigenvalue weighted by atomic mass is 10.1. The molecule has 0 radical (unpaired) electrons. The fourth-order valence-corrected chi connectivity index (χ4v) is 3.20. The standard InChI is InChI=1S/C22H42N4/c1-3-5-7-9-11-13-15-25-21-18-22(20(24)17-19(21)23)26-16-14-12-10-8-6-4-2/h17-18,25-26H,3-16,23-24H2,1-2H3. The van der Waals surface area contributed by atoms with Crippen LogP contribution in [-0.4, -0.2) is 13.1 Å². The Labute approximate surface area is 161 Å². The first-order valence-electron chi connectivity index (χ1n) is 10.9. The Morgan fingerprint density at radius 3 is 1.38 bits per heavy atom. The lowest BCUT2D eigenvalue weighted by Crippen LogP contribution is -2.08. The lowest BCUT2D eigenvalue weighted by Gasteiger charge is -2.15. The molecular formula is C22H42N4. The highest BCUT2D eigenvalue weighted by Gasteiger charge is 2.05. The highest BCUT2D eigenvalue weighted by Crippen LogP contribution is 2.29. The molecule has 0 heterocycles. The number of nitrogen functional groups attached to an aromatic ring is 2. The Hall–Kier alpha value is -1.58. The summed E-state index contributed by atoms with van der Waals surface area (Å²) in [5.41, 5.74) is 15.7. The number of nitrogens with one attached hydrogen (secondary N) is 2. The summed E-state index contributed by atoms with van der Waals surface area (Å²) in [4.78, 5) is 0. The third-order valence-corrected chi connectivity index (χ3v) is 4.91. The molecule has 1 aromatic rings. The van der Waals surface area contributed by atoms with Gasteiger partial charge in [0.15, 0.2) is 0 Å². The van der Waals surface area contributed by atoms with E-state index in [1.807, 2.05) is 6.07 Å². The van der Waals surface area contributed by atoms with E-state index in [1.54, 1.807) is 0 Å². The molecule has 1 rings (SSSR count). The highest BCUT2D eigenvalue weighted by atomic mass is 14.9. The van der Waals surface area contributed by atoms with Gasteiger partial charge < -0.3 is 22.1 Å². The van der Waals surface area contributed by atoms with E-state index in [1.165, 1.54) is 77.0 Å². The van der Waals surface area contributed by atoms with Gasteiger partial charge in [-0.2, -0.15) is 0 Å². The number of hydrogen-bond acceptors (Lipinski definition) is 4. The molecule has 0 fully saturated rings. The quantitative estimate of drug-likeness (QED) is 0.203. The summed E-state index contributed by atoms with van der Waals surface area (Å²) >= 11 is 0. The van der Waals surface area contributed by atoms with E-state index < -0.39 is 0 Å². The summed E-state index contributed by atoms with van der Waals surface area (Å²) in [6.07, 6.45) is 15.6. The SMILES string of the molecule is CCCCCCCCNc1cc(NCCCCCCCC)c(N)cc1N. The maximum absolute atomic E-state index is 6.12. The number of benzene rings is 1. The summed E-state index contributed by atoms with van der Waals surface area (Å²) in [7, 11) is 0. The van der Waals surface area contributed by atoms with Crippen LogP contribution >= 0.6 is 0 Å². The largest absolute Gasteiger partial charge is 0.397 e. The molecule has 1 aromatic carbocycles. The molecule has 0 saturated heterocycles. The molecule has 0 amide bonds. The molecule has 0 aliphatic rings. The number of hydrogen-bond donors (Lipinski definition) is 4. The molecule has 150 valence electrons. The Kier molecular flexibility index (Phi) is 12.6. The zero-order chi connectivity index (χ0) is 19.0. The Morgan fingerprint density at radius 2 is 0.962 bits per heavy atom. The van der Waals surface area contributed by atoms with E-state index in [0.29, 0.717) is 0 Å². The molecular weight excluding hydrogens is 320 g/mol. The van der Waals surface area contributed by atoms with Crippen molar-refractivity contribution in [2.24, 2.45) is 0 Å². The van der Waals surface area contributed by atoms with Crippen LogP contribution in [0.25, 0.3) is 0 Å². The Balaban J connectivity index is 2.30. The van der Waals surface area contributed by atoms with Crippen LogP contribution in [0.15, 0.2) is 12.1 Å². The van der Waals surface area contributed by atoms with Gasteiger partial charge in [-0.3, -0.25) is 0 Å². The second kappa shape index (κ2) is 14.6. The van der Waals surface area contributed by atoms with Crippen molar-refractivity contribution in [2.75, 3.05) is 35.2 Å². The predicted octanol–water partition coefficient (Wildman–Crippen LogP) is 6.40. The van der Waals surface area contributed by atoms with Crippen LogP contribution in [0.4, 0.5) is 22.7 Å². The van der Waals surface area contributed by atoms with E-state index in [4.69, 9.17) is 11.5 Å². The fraction of sp³-hybridized carbons (Fsp3) is 0.727. The molecule has 0 bridgehead atoms. The van der Waals surface area contributed by atoms with Gasteiger partial charge in [0.2, 0.25) is 0 Å². The molecule has 4 nitrogen and oxygen atoms in total. The van der Waals surface area contributed by atoms with Crippen LogP contribution < -0.4 is 22.1 Å². The first kappa shape index (κ1) is 22.5. The predicted molar refractivity (Wildman–Crippen MR) is 119 cm³/mol. The van der Waals surface area contributed by atoms with Crippen LogP contribution in [0, 0.1) is 0 Å². The molecule has 0 aromatic heterocycles. The first-order chi connectivity index (χ1) is 12.7. The van der Waals surface area contributed by atoms with E-state index >= 15 is 0 Å². The van der Waals surface area contributed by atoms with Crippen molar-refractivity contribution in [2.45, 2.75) is 90.9 Å². The van der Waals surface area contributed by atoms with Crippen molar-refractivity contribution in [3.63, 3.8) is 0 Å². The molecule has 6 N–H and O–H groups in total. The van der Waals surface area contributed by atoms with Crippen LogP contribution in [0.3, 0.4) is 0 Å². The van der Waals surface area contributed by atoms with Gasteiger partial charge in [0, 0.05) is 13.1 Å². The van der Waals surface area contributed by atoms with Crippen molar-refractivity contribution in [1.82, 2.24) is 0 Å². The van der Waals surface area contributed by atoms with Gasteiger partial charge in [-0.1, -0.05) is 78.1 Å². The van der Waals surface area contributed by atoms with Gasteiger partial charge in [0.25, 0.3) is 0 Å². The summed E-state index contributed by atoms with van der Waals surface area (Å²) in [6.45, 7) is 6.45. The second-order valence-electron chi connectivity index (χ2n) is 7.42. The van der Waals surface area contributed by atoms with Crippen molar-refractivity contribution >= 4 is 22.7 Å². The summed E-state index contributed by atoms with van der Waals surface area (Å²) in [5.74, 6) is 0. The monoisotopic (exact) mass is 362 g/mol. The van der Waals surface area contributed by atoms with Gasteiger partial charge >= 0.3 is 0 Å². The van der Waals surface area contributed by atoms with Crippen LogP contribution in [-0.2, 0) is 0 Å². The van der Waals surface area contributed by atoms with Gasteiger partial charge in [-0.25, -0.2) is 0 Å². The van der Waals surface area contributed by atoms with Crippen LogP contribution in [0.5, 0.6) is 0 Å². The normalized spacial score (nSPS) is 10.8. The lowest BCUT2D eigenvalue weighted by molar-refractivity contribution is 0.617.